The summed E-state index contributed by atoms with van der Waals surface area (Å²) in [6, 6.07) is 14.0. The summed E-state index contributed by atoms with van der Waals surface area (Å²) in [5.41, 5.74) is 6.11. The van der Waals surface area contributed by atoms with Gasteiger partial charge < -0.3 is 4.90 Å². The third-order valence-electron chi connectivity index (χ3n) is 5.46. The van der Waals surface area contributed by atoms with Crippen LogP contribution in [0, 0.1) is 5.82 Å². The zero-order valence-corrected chi connectivity index (χ0v) is 16.5. The average Bonchev–Trinajstić information content (AvgIpc) is 3.43. The van der Waals surface area contributed by atoms with Crippen molar-refractivity contribution in [1.82, 2.24) is 20.1 Å². The fourth-order valence-corrected chi connectivity index (χ4v) is 4.62. The van der Waals surface area contributed by atoms with Gasteiger partial charge in [0, 0.05) is 35.8 Å². The van der Waals surface area contributed by atoms with Crippen LogP contribution >= 0.6 is 11.3 Å². The first-order valence-electron chi connectivity index (χ1n) is 9.61. The second-order valence-electron chi connectivity index (χ2n) is 7.34. The Morgan fingerprint density at radius 3 is 2.90 bits per heavy atom. The van der Waals surface area contributed by atoms with Crippen molar-refractivity contribution in [2.24, 2.45) is 0 Å². The van der Waals surface area contributed by atoms with Crippen molar-refractivity contribution in [1.29, 1.82) is 0 Å². The molecule has 1 N–H and O–H groups in total. The number of H-pyrrole nitrogens is 1. The van der Waals surface area contributed by atoms with Crippen LogP contribution in [0.2, 0.25) is 0 Å². The molecule has 0 radical (unpaired) electrons. The number of hydrogen-bond acceptors (Lipinski definition) is 4. The van der Waals surface area contributed by atoms with Crippen molar-refractivity contribution >= 4 is 27.5 Å². The normalized spacial score (nSPS) is 17.0. The Morgan fingerprint density at radius 1 is 1.17 bits per heavy atom. The van der Waals surface area contributed by atoms with Gasteiger partial charge in [-0.3, -0.25) is 9.89 Å². The Labute approximate surface area is 171 Å². The molecule has 5 nitrogen and oxygen atoms in total. The standard InChI is InChI=1S/C22H19FN4OS/c23-17-6-3-14(4-7-17)19-11-20(26-25-19)16-2-1-9-27(12-16)22(28)15-5-8-18-21(10-15)29-13-24-18/h3-8,10-11,13,16H,1-2,9,12H2,(H,25,26)/t16-/m0/s1. The van der Waals surface area contributed by atoms with E-state index in [2.05, 4.69) is 15.2 Å². The number of carbonyl (C=O) groups is 1. The highest BCUT2D eigenvalue weighted by Crippen LogP contribution is 2.30. The number of benzene rings is 2. The van der Waals surface area contributed by atoms with Gasteiger partial charge in [0.2, 0.25) is 0 Å². The summed E-state index contributed by atoms with van der Waals surface area (Å²) in [6.07, 6.45) is 1.95. The topological polar surface area (TPSA) is 61.9 Å². The van der Waals surface area contributed by atoms with Gasteiger partial charge in [-0.25, -0.2) is 9.37 Å². The van der Waals surface area contributed by atoms with Gasteiger partial charge in [0.1, 0.15) is 5.82 Å². The number of amides is 1. The van der Waals surface area contributed by atoms with Gasteiger partial charge in [-0.1, -0.05) is 0 Å². The molecule has 1 saturated heterocycles. The van der Waals surface area contributed by atoms with Gasteiger partial charge in [0.15, 0.2) is 0 Å². The second-order valence-corrected chi connectivity index (χ2v) is 8.23. The summed E-state index contributed by atoms with van der Waals surface area (Å²) in [5.74, 6) is 0.00673. The van der Waals surface area contributed by atoms with Crippen LogP contribution in [-0.4, -0.2) is 39.1 Å². The zero-order valence-electron chi connectivity index (χ0n) is 15.6. The van der Waals surface area contributed by atoms with Crippen LogP contribution in [0.1, 0.15) is 34.8 Å². The first-order chi connectivity index (χ1) is 14.2. The van der Waals surface area contributed by atoms with Gasteiger partial charge in [0.05, 0.1) is 21.4 Å². The lowest BCUT2D eigenvalue weighted by molar-refractivity contribution is 0.0706. The minimum absolute atomic E-state index is 0.0586. The highest BCUT2D eigenvalue weighted by molar-refractivity contribution is 7.16. The Kier molecular flexibility index (Phi) is 4.60. The number of piperidine rings is 1. The predicted molar refractivity (Wildman–Crippen MR) is 111 cm³/mol. The molecule has 1 aliphatic heterocycles. The number of nitrogens with zero attached hydrogens (tertiary/aromatic N) is 3. The number of carbonyl (C=O) groups excluding carboxylic acids is 1. The van der Waals surface area contributed by atoms with Crippen LogP contribution in [-0.2, 0) is 0 Å². The number of nitrogens with one attached hydrogen (secondary N) is 1. The Balaban J connectivity index is 1.34. The van der Waals surface area contributed by atoms with E-state index in [1.165, 1.54) is 12.1 Å². The SMILES string of the molecule is O=C(c1ccc2ncsc2c1)N1CCC[C@H](c2cc(-c3ccc(F)cc3)n[nH]2)C1. The first kappa shape index (κ1) is 18.0. The highest BCUT2D eigenvalue weighted by Gasteiger charge is 2.27. The molecule has 4 aromatic rings. The van der Waals surface area contributed by atoms with E-state index in [1.807, 2.05) is 29.2 Å². The minimum atomic E-state index is -0.262. The molecule has 0 bridgehead atoms. The van der Waals surface area contributed by atoms with Crippen molar-refractivity contribution < 1.29 is 9.18 Å². The van der Waals surface area contributed by atoms with Crippen molar-refractivity contribution in [2.45, 2.75) is 18.8 Å². The summed E-state index contributed by atoms with van der Waals surface area (Å²) in [4.78, 5) is 19.3. The number of rotatable bonds is 3. The highest BCUT2D eigenvalue weighted by atomic mass is 32.1. The number of thiazole rings is 1. The largest absolute Gasteiger partial charge is 0.338 e. The van der Waals surface area contributed by atoms with Gasteiger partial charge in [-0.15, -0.1) is 11.3 Å². The minimum Gasteiger partial charge on any atom is -0.338 e. The molecule has 0 unspecified atom stereocenters. The van der Waals surface area contributed by atoms with Crippen LogP contribution in [0.3, 0.4) is 0 Å². The summed E-state index contributed by atoms with van der Waals surface area (Å²) < 4.78 is 14.2. The maximum absolute atomic E-state index is 13.2. The van der Waals surface area contributed by atoms with E-state index < -0.39 is 0 Å². The molecule has 1 amide bonds. The quantitative estimate of drug-likeness (QED) is 0.529. The lowest BCUT2D eigenvalue weighted by Crippen LogP contribution is -2.39. The molecule has 0 saturated carbocycles. The number of aromatic nitrogens is 3. The molecule has 146 valence electrons. The lowest BCUT2D eigenvalue weighted by atomic mass is 9.94. The third-order valence-corrected chi connectivity index (χ3v) is 6.26. The molecule has 2 aromatic carbocycles. The molecular weight excluding hydrogens is 387 g/mol. The molecular formula is C22H19FN4OS. The predicted octanol–water partition coefficient (Wildman–Crippen LogP) is 4.85. The molecule has 7 heteroatoms. The average molecular weight is 406 g/mol. The number of likely N-dealkylation sites (tertiary alicyclic amines) is 1. The van der Waals surface area contributed by atoms with Crippen LogP contribution < -0.4 is 0 Å². The number of aromatic amines is 1. The van der Waals surface area contributed by atoms with E-state index in [4.69, 9.17) is 0 Å². The van der Waals surface area contributed by atoms with Crippen LogP contribution in [0.4, 0.5) is 4.39 Å². The monoisotopic (exact) mass is 406 g/mol. The van der Waals surface area contributed by atoms with E-state index in [1.54, 1.807) is 29.0 Å². The molecule has 29 heavy (non-hydrogen) atoms. The van der Waals surface area contributed by atoms with Gasteiger partial charge in [0.25, 0.3) is 5.91 Å². The summed E-state index contributed by atoms with van der Waals surface area (Å²) in [7, 11) is 0. The van der Waals surface area contributed by atoms with Crippen LogP contribution in [0.15, 0.2) is 54.0 Å². The molecule has 0 spiro atoms. The second kappa shape index (κ2) is 7.40. The van der Waals surface area contributed by atoms with E-state index in [0.29, 0.717) is 12.1 Å². The maximum Gasteiger partial charge on any atom is 0.253 e. The van der Waals surface area contributed by atoms with Gasteiger partial charge in [-0.2, -0.15) is 5.10 Å². The number of hydrogen-bond donors (Lipinski definition) is 1. The molecule has 1 fully saturated rings. The number of halogens is 1. The van der Waals surface area contributed by atoms with E-state index >= 15 is 0 Å². The Morgan fingerprint density at radius 2 is 2.03 bits per heavy atom. The summed E-state index contributed by atoms with van der Waals surface area (Å²) in [5, 5.41) is 7.51. The third kappa shape index (κ3) is 3.53. The molecule has 5 rings (SSSR count). The molecule has 3 heterocycles. The van der Waals surface area contributed by atoms with Crippen molar-refractivity contribution in [3.05, 3.63) is 71.1 Å². The first-order valence-corrected chi connectivity index (χ1v) is 10.5. The van der Waals surface area contributed by atoms with E-state index in [-0.39, 0.29) is 17.6 Å². The fourth-order valence-electron chi connectivity index (χ4n) is 3.90. The van der Waals surface area contributed by atoms with E-state index in [9.17, 15) is 9.18 Å². The number of fused-ring (bicyclic) bond motifs is 1. The molecule has 1 atom stereocenters. The van der Waals surface area contributed by atoms with Gasteiger partial charge in [-0.05, 0) is 61.4 Å². The summed E-state index contributed by atoms with van der Waals surface area (Å²) in [6.45, 7) is 1.42. The van der Waals surface area contributed by atoms with Gasteiger partial charge >= 0.3 is 0 Å². The smallest absolute Gasteiger partial charge is 0.253 e. The van der Waals surface area contributed by atoms with Crippen molar-refractivity contribution in [3.63, 3.8) is 0 Å². The molecule has 0 aliphatic carbocycles. The maximum atomic E-state index is 13.2. The van der Waals surface area contributed by atoms with Crippen molar-refractivity contribution in [3.8, 4) is 11.3 Å². The lowest BCUT2D eigenvalue weighted by Gasteiger charge is -2.32. The van der Waals surface area contributed by atoms with Crippen molar-refractivity contribution in [2.75, 3.05) is 13.1 Å². The Bertz CT molecular complexity index is 1170. The summed E-state index contributed by atoms with van der Waals surface area (Å²) >= 11 is 1.55. The molecule has 2 aromatic heterocycles. The zero-order chi connectivity index (χ0) is 19.8. The van der Waals surface area contributed by atoms with Crippen LogP contribution in [0.25, 0.3) is 21.5 Å². The fraction of sp³-hybridized carbons (Fsp3) is 0.227. The Hall–Kier alpha value is -3.06. The van der Waals surface area contributed by atoms with Crippen LogP contribution in [0.5, 0.6) is 0 Å². The van der Waals surface area contributed by atoms with E-state index in [0.717, 1.165) is 46.6 Å². The molecule has 1 aliphatic rings.